The van der Waals surface area contributed by atoms with Crippen LogP contribution in [0.15, 0.2) is 18.3 Å². The SMILES string of the molecule is CC(=O)Nc1ccc(C[NH])cn1. The third kappa shape index (κ3) is 2.32. The molecule has 4 nitrogen and oxygen atoms in total. The Morgan fingerprint density at radius 2 is 2.42 bits per heavy atom. The molecule has 4 heteroatoms. The first-order valence-electron chi connectivity index (χ1n) is 3.59. The van der Waals surface area contributed by atoms with Crippen LogP contribution in [0.2, 0.25) is 0 Å². The fourth-order valence-corrected chi connectivity index (χ4v) is 0.783. The van der Waals surface area contributed by atoms with Crippen molar-refractivity contribution in [3.8, 4) is 0 Å². The van der Waals surface area contributed by atoms with E-state index in [1.165, 1.54) is 6.92 Å². The highest BCUT2D eigenvalue weighted by Crippen LogP contribution is 2.03. The minimum absolute atomic E-state index is 0.138. The minimum atomic E-state index is -0.138. The molecule has 0 fully saturated rings. The predicted octanol–water partition coefficient (Wildman–Crippen LogP) is 0.823. The molecule has 1 amide bonds. The van der Waals surface area contributed by atoms with Gasteiger partial charge in [-0.25, -0.2) is 4.98 Å². The third-order valence-electron chi connectivity index (χ3n) is 1.33. The maximum Gasteiger partial charge on any atom is 0.222 e. The molecular weight excluding hydrogens is 154 g/mol. The van der Waals surface area contributed by atoms with Crippen molar-refractivity contribution < 1.29 is 4.79 Å². The van der Waals surface area contributed by atoms with Gasteiger partial charge in [-0.05, 0) is 11.6 Å². The summed E-state index contributed by atoms with van der Waals surface area (Å²) >= 11 is 0. The summed E-state index contributed by atoms with van der Waals surface area (Å²) in [5.41, 5.74) is 7.87. The summed E-state index contributed by atoms with van der Waals surface area (Å²) in [6.45, 7) is 1.65. The van der Waals surface area contributed by atoms with E-state index >= 15 is 0 Å². The van der Waals surface area contributed by atoms with Crippen molar-refractivity contribution in [2.45, 2.75) is 13.5 Å². The summed E-state index contributed by atoms with van der Waals surface area (Å²) in [5.74, 6) is 0.390. The van der Waals surface area contributed by atoms with Gasteiger partial charge >= 0.3 is 0 Å². The van der Waals surface area contributed by atoms with Crippen LogP contribution in [0.25, 0.3) is 0 Å². The van der Waals surface area contributed by atoms with Gasteiger partial charge in [-0.2, -0.15) is 0 Å². The van der Waals surface area contributed by atoms with E-state index in [0.717, 1.165) is 5.56 Å². The van der Waals surface area contributed by atoms with Crippen LogP contribution in [0.1, 0.15) is 12.5 Å². The maximum atomic E-state index is 10.6. The van der Waals surface area contributed by atoms with Gasteiger partial charge in [0.05, 0.1) is 0 Å². The number of pyridine rings is 1. The topological polar surface area (TPSA) is 65.8 Å². The molecule has 0 atom stereocenters. The maximum absolute atomic E-state index is 10.6. The molecule has 1 rings (SSSR count). The molecule has 1 radical (unpaired) electrons. The molecular formula is C8H10N3O. The fourth-order valence-electron chi connectivity index (χ4n) is 0.783. The fraction of sp³-hybridized carbons (Fsp3) is 0.250. The lowest BCUT2D eigenvalue weighted by Crippen LogP contribution is -2.07. The summed E-state index contributed by atoms with van der Waals surface area (Å²) in [4.78, 5) is 14.5. The Bertz CT molecular complexity index is 268. The second kappa shape index (κ2) is 3.82. The zero-order valence-electron chi connectivity index (χ0n) is 6.79. The second-order valence-corrected chi connectivity index (χ2v) is 2.41. The van der Waals surface area contributed by atoms with Crippen LogP contribution in [0.4, 0.5) is 5.82 Å². The first kappa shape index (κ1) is 8.67. The van der Waals surface area contributed by atoms with Gasteiger partial charge in [0.25, 0.3) is 0 Å². The summed E-state index contributed by atoms with van der Waals surface area (Å²) < 4.78 is 0. The van der Waals surface area contributed by atoms with Gasteiger partial charge in [0.1, 0.15) is 5.82 Å². The predicted molar refractivity (Wildman–Crippen MR) is 45.3 cm³/mol. The lowest BCUT2D eigenvalue weighted by atomic mass is 10.3. The van der Waals surface area contributed by atoms with Crippen molar-refractivity contribution in [3.63, 3.8) is 0 Å². The number of carbonyl (C=O) groups excluding carboxylic acids is 1. The molecule has 0 aromatic carbocycles. The molecule has 1 aromatic rings. The summed E-state index contributed by atoms with van der Waals surface area (Å²) in [7, 11) is 0. The smallest absolute Gasteiger partial charge is 0.222 e. The quantitative estimate of drug-likeness (QED) is 0.703. The van der Waals surface area contributed by atoms with E-state index in [2.05, 4.69) is 10.3 Å². The highest BCUT2D eigenvalue weighted by molar-refractivity contribution is 5.87. The summed E-state index contributed by atoms with van der Waals surface area (Å²) in [5, 5.41) is 2.54. The normalized spacial score (nSPS) is 9.50. The zero-order chi connectivity index (χ0) is 8.97. The van der Waals surface area contributed by atoms with Crippen LogP contribution in [-0.4, -0.2) is 10.9 Å². The number of nitrogens with zero attached hydrogens (tertiary/aromatic N) is 1. The summed E-state index contributed by atoms with van der Waals surface area (Å²) in [6.07, 6.45) is 1.58. The van der Waals surface area contributed by atoms with Crippen molar-refractivity contribution in [3.05, 3.63) is 23.9 Å². The van der Waals surface area contributed by atoms with Crippen molar-refractivity contribution in [1.82, 2.24) is 10.7 Å². The Morgan fingerprint density at radius 1 is 1.67 bits per heavy atom. The minimum Gasteiger partial charge on any atom is -0.311 e. The van der Waals surface area contributed by atoms with Gasteiger partial charge in [0.2, 0.25) is 5.91 Å². The molecule has 0 saturated heterocycles. The molecule has 2 N–H and O–H groups in total. The van der Waals surface area contributed by atoms with E-state index in [0.29, 0.717) is 5.82 Å². The number of carbonyl (C=O) groups is 1. The number of aromatic nitrogens is 1. The largest absolute Gasteiger partial charge is 0.311 e. The van der Waals surface area contributed by atoms with E-state index < -0.39 is 0 Å². The first-order chi connectivity index (χ1) is 5.72. The highest BCUT2D eigenvalue weighted by Gasteiger charge is 1.95. The van der Waals surface area contributed by atoms with Gasteiger partial charge in [-0.3, -0.25) is 10.5 Å². The number of rotatable bonds is 2. The van der Waals surface area contributed by atoms with Gasteiger partial charge < -0.3 is 5.32 Å². The van der Waals surface area contributed by atoms with Crippen molar-refractivity contribution in [1.29, 1.82) is 0 Å². The lowest BCUT2D eigenvalue weighted by Gasteiger charge is -2.00. The molecule has 63 valence electrons. The van der Waals surface area contributed by atoms with Crippen LogP contribution in [0.5, 0.6) is 0 Å². The highest BCUT2D eigenvalue weighted by atomic mass is 16.1. The van der Waals surface area contributed by atoms with Gasteiger partial charge in [-0.1, -0.05) is 6.07 Å². The van der Waals surface area contributed by atoms with Crippen LogP contribution in [0.3, 0.4) is 0 Å². The van der Waals surface area contributed by atoms with Gasteiger partial charge in [-0.15, -0.1) is 0 Å². The molecule has 0 bridgehead atoms. The second-order valence-electron chi connectivity index (χ2n) is 2.41. The Labute approximate surface area is 70.8 Å². The third-order valence-corrected chi connectivity index (χ3v) is 1.33. The summed E-state index contributed by atoms with van der Waals surface area (Å²) in [6, 6.07) is 3.45. The van der Waals surface area contributed by atoms with Gasteiger partial charge in [0.15, 0.2) is 0 Å². The van der Waals surface area contributed by atoms with Crippen molar-refractivity contribution >= 4 is 11.7 Å². The van der Waals surface area contributed by atoms with E-state index in [1.54, 1.807) is 18.3 Å². The number of hydrogen-bond acceptors (Lipinski definition) is 2. The van der Waals surface area contributed by atoms with Crippen molar-refractivity contribution in [2.24, 2.45) is 0 Å². The van der Waals surface area contributed by atoms with E-state index in [-0.39, 0.29) is 12.5 Å². The van der Waals surface area contributed by atoms with Crippen LogP contribution < -0.4 is 11.1 Å². The van der Waals surface area contributed by atoms with E-state index in [9.17, 15) is 4.79 Å². The van der Waals surface area contributed by atoms with E-state index in [4.69, 9.17) is 5.73 Å². The average Bonchev–Trinajstić information content (AvgIpc) is 2.05. The number of amides is 1. The average molecular weight is 164 g/mol. The standard InChI is InChI=1S/C8H10N3O/c1-6(12)11-8-3-2-7(4-9)5-10-8/h2-3,5,9H,4H2,1H3,(H,10,11,12). The molecule has 1 heterocycles. The number of hydrogen-bond donors (Lipinski definition) is 1. The van der Waals surface area contributed by atoms with Crippen LogP contribution in [0, 0.1) is 0 Å². The molecule has 0 spiro atoms. The first-order valence-corrected chi connectivity index (χ1v) is 3.59. The molecule has 0 saturated carbocycles. The Kier molecular flexibility index (Phi) is 2.76. The lowest BCUT2D eigenvalue weighted by molar-refractivity contribution is -0.114. The number of anilines is 1. The Hall–Kier alpha value is -1.42. The molecule has 0 aliphatic rings. The van der Waals surface area contributed by atoms with Crippen LogP contribution >= 0.6 is 0 Å². The molecule has 1 aromatic heterocycles. The molecule has 0 unspecified atom stereocenters. The van der Waals surface area contributed by atoms with Gasteiger partial charge in [0, 0.05) is 19.7 Å². The Balaban J connectivity index is 2.71. The molecule has 0 aliphatic carbocycles. The number of nitrogens with one attached hydrogen (secondary N) is 2. The molecule has 0 aliphatic heterocycles. The van der Waals surface area contributed by atoms with E-state index in [1.807, 2.05) is 0 Å². The van der Waals surface area contributed by atoms with Crippen molar-refractivity contribution in [2.75, 3.05) is 5.32 Å². The van der Waals surface area contributed by atoms with Crippen LogP contribution in [-0.2, 0) is 11.3 Å². The zero-order valence-corrected chi connectivity index (χ0v) is 6.79. The monoisotopic (exact) mass is 164 g/mol. The molecule has 12 heavy (non-hydrogen) atoms. The Morgan fingerprint density at radius 3 is 2.83 bits per heavy atom.